The number of carbonyl (C=O) groups is 3. The lowest BCUT2D eigenvalue weighted by molar-refractivity contribution is -0.146. The molecule has 0 fully saturated rings. The molecule has 1 aromatic heterocycles. The number of amides is 1. The van der Waals surface area contributed by atoms with Gasteiger partial charge in [0.15, 0.2) is 12.2 Å². The maximum absolute atomic E-state index is 12.1. The second-order valence-electron chi connectivity index (χ2n) is 5.78. The third kappa shape index (κ3) is 4.53. The molecule has 1 N–H and O–H groups in total. The van der Waals surface area contributed by atoms with Gasteiger partial charge in [0.25, 0.3) is 5.91 Å². The molecule has 0 unspecified atom stereocenters. The van der Waals surface area contributed by atoms with E-state index in [0.717, 1.165) is 0 Å². The topological polar surface area (TPSA) is 108 Å². The highest BCUT2D eigenvalue weighted by atomic mass is 16.5. The van der Waals surface area contributed by atoms with Crippen LogP contribution >= 0.6 is 0 Å². The van der Waals surface area contributed by atoms with E-state index in [1.807, 2.05) is 6.07 Å². The summed E-state index contributed by atoms with van der Waals surface area (Å²) in [6, 6.07) is 13.6. The number of nitrogens with zero attached hydrogens (tertiary/aromatic N) is 1. The number of nitrogens with one attached hydrogen (secondary N) is 1. The first-order valence-electron chi connectivity index (χ1n) is 8.63. The maximum Gasteiger partial charge on any atom is 0.340 e. The lowest BCUT2D eigenvalue weighted by Gasteiger charge is -2.10. The van der Waals surface area contributed by atoms with Gasteiger partial charge < -0.3 is 19.3 Å². The fourth-order valence-electron chi connectivity index (χ4n) is 2.56. The van der Waals surface area contributed by atoms with Gasteiger partial charge in [-0.1, -0.05) is 29.4 Å². The first kappa shape index (κ1) is 19.1. The summed E-state index contributed by atoms with van der Waals surface area (Å²) in [5.74, 6) is -1.74. The Hall–Kier alpha value is -3.68. The Kier molecular flexibility index (Phi) is 6.01. The third-order valence-electron chi connectivity index (χ3n) is 3.82. The van der Waals surface area contributed by atoms with Gasteiger partial charge in [0.2, 0.25) is 0 Å². The van der Waals surface area contributed by atoms with Gasteiger partial charge in [-0.15, -0.1) is 0 Å². The summed E-state index contributed by atoms with van der Waals surface area (Å²) in [6.07, 6.45) is -0.121. The Morgan fingerprint density at radius 3 is 2.61 bits per heavy atom. The van der Waals surface area contributed by atoms with Crippen molar-refractivity contribution in [3.05, 3.63) is 59.8 Å². The Morgan fingerprint density at radius 1 is 1.04 bits per heavy atom. The van der Waals surface area contributed by atoms with Crippen molar-refractivity contribution >= 4 is 34.5 Å². The summed E-state index contributed by atoms with van der Waals surface area (Å²) >= 11 is 0. The zero-order valence-corrected chi connectivity index (χ0v) is 15.1. The highest BCUT2D eigenvalue weighted by Crippen LogP contribution is 2.19. The molecule has 0 bridgehead atoms. The summed E-state index contributed by atoms with van der Waals surface area (Å²) in [6.45, 7) is 1.41. The van der Waals surface area contributed by atoms with Crippen LogP contribution < -0.4 is 5.32 Å². The van der Waals surface area contributed by atoms with Crippen molar-refractivity contribution in [2.24, 2.45) is 0 Å². The minimum Gasteiger partial charge on any atom is -0.462 e. The molecule has 28 heavy (non-hydrogen) atoms. The fraction of sp³-hybridized carbons (Fsp3) is 0.200. The molecular formula is C20H18N2O6. The van der Waals surface area contributed by atoms with E-state index in [1.165, 1.54) is 6.07 Å². The van der Waals surface area contributed by atoms with E-state index in [2.05, 4.69) is 10.5 Å². The molecule has 0 atom stereocenters. The number of para-hydroxylation sites is 2. The quantitative estimate of drug-likeness (QED) is 0.626. The Morgan fingerprint density at radius 2 is 1.79 bits per heavy atom. The van der Waals surface area contributed by atoms with E-state index in [-0.39, 0.29) is 24.3 Å². The second kappa shape index (κ2) is 8.81. The molecule has 8 nitrogen and oxygen atoms in total. The summed E-state index contributed by atoms with van der Waals surface area (Å²) in [7, 11) is 0. The fourth-order valence-corrected chi connectivity index (χ4v) is 2.56. The second-order valence-corrected chi connectivity index (χ2v) is 5.78. The molecule has 1 heterocycles. The Bertz CT molecular complexity index is 1010. The molecule has 0 spiro atoms. The molecule has 0 saturated carbocycles. The molecule has 0 radical (unpaired) electrons. The average molecular weight is 382 g/mol. The zero-order valence-electron chi connectivity index (χ0n) is 15.1. The first-order chi connectivity index (χ1) is 13.6. The average Bonchev–Trinajstić information content (AvgIpc) is 3.10. The molecule has 3 rings (SSSR count). The van der Waals surface area contributed by atoms with Crippen LogP contribution in [0.3, 0.4) is 0 Å². The van der Waals surface area contributed by atoms with Crippen LogP contribution in [0.4, 0.5) is 5.69 Å². The minimum absolute atomic E-state index is 0.121. The molecule has 1 amide bonds. The summed E-state index contributed by atoms with van der Waals surface area (Å²) in [5.41, 5.74) is 1.51. The van der Waals surface area contributed by atoms with E-state index in [4.69, 9.17) is 14.0 Å². The van der Waals surface area contributed by atoms with Gasteiger partial charge >= 0.3 is 11.9 Å². The molecular weight excluding hydrogens is 364 g/mol. The first-order valence-corrected chi connectivity index (χ1v) is 8.63. The standard InChI is InChI=1S/C20H18N2O6/c1-2-26-20(25)14-8-3-5-9-15(14)21-18(23)12-27-19(24)11-16-13-7-4-6-10-17(13)28-22-16/h3-10H,2,11-12H2,1H3,(H,21,23). The molecule has 0 aliphatic carbocycles. The van der Waals surface area contributed by atoms with Gasteiger partial charge in [-0.2, -0.15) is 0 Å². The highest BCUT2D eigenvalue weighted by Gasteiger charge is 2.16. The zero-order chi connectivity index (χ0) is 19.9. The maximum atomic E-state index is 12.1. The van der Waals surface area contributed by atoms with Crippen molar-refractivity contribution in [1.29, 1.82) is 0 Å². The number of benzene rings is 2. The number of fused-ring (bicyclic) bond motifs is 1. The molecule has 2 aromatic carbocycles. The lowest BCUT2D eigenvalue weighted by Crippen LogP contribution is -2.23. The van der Waals surface area contributed by atoms with Gasteiger partial charge in [0.1, 0.15) is 5.69 Å². The number of ether oxygens (including phenoxy) is 2. The van der Waals surface area contributed by atoms with Crippen LogP contribution in [0.15, 0.2) is 53.1 Å². The minimum atomic E-state index is -0.618. The van der Waals surface area contributed by atoms with Crippen molar-refractivity contribution < 1.29 is 28.4 Å². The van der Waals surface area contributed by atoms with Gasteiger partial charge in [0, 0.05) is 5.39 Å². The van der Waals surface area contributed by atoms with Crippen LogP contribution in [-0.4, -0.2) is 36.2 Å². The number of carbonyl (C=O) groups excluding carboxylic acids is 3. The summed E-state index contributed by atoms with van der Waals surface area (Å²) < 4.78 is 15.1. The number of anilines is 1. The van der Waals surface area contributed by atoms with Crippen LogP contribution in [0.2, 0.25) is 0 Å². The number of hydrogen-bond donors (Lipinski definition) is 1. The number of aromatic nitrogens is 1. The lowest BCUT2D eigenvalue weighted by atomic mass is 10.2. The monoisotopic (exact) mass is 382 g/mol. The van der Waals surface area contributed by atoms with Crippen LogP contribution in [0.1, 0.15) is 23.0 Å². The molecule has 0 saturated heterocycles. The van der Waals surface area contributed by atoms with E-state index in [1.54, 1.807) is 43.3 Å². The predicted octanol–water partition coefficient (Wildman–Crippen LogP) is 2.73. The van der Waals surface area contributed by atoms with Gasteiger partial charge in [-0.3, -0.25) is 9.59 Å². The Balaban J connectivity index is 1.56. The van der Waals surface area contributed by atoms with Gasteiger partial charge in [0.05, 0.1) is 24.3 Å². The molecule has 3 aromatic rings. The van der Waals surface area contributed by atoms with E-state index < -0.39 is 24.5 Å². The van der Waals surface area contributed by atoms with Crippen molar-refractivity contribution in [2.45, 2.75) is 13.3 Å². The van der Waals surface area contributed by atoms with E-state index >= 15 is 0 Å². The van der Waals surface area contributed by atoms with E-state index in [0.29, 0.717) is 16.7 Å². The molecule has 0 aliphatic heterocycles. The largest absolute Gasteiger partial charge is 0.462 e. The number of esters is 2. The summed E-state index contributed by atoms with van der Waals surface area (Å²) in [4.78, 5) is 36.0. The summed E-state index contributed by atoms with van der Waals surface area (Å²) in [5, 5.41) is 7.11. The van der Waals surface area contributed by atoms with Crippen molar-refractivity contribution in [1.82, 2.24) is 5.16 Å². The number of hydrogen-bond acceptors (Lipinski definition) is 7. The number of rotatable bonds is 7. The van der Waals surface area contributed by atoms with Crippen LogP contribution in [0, 0.1) is 0 Å². The SMILES string of the molecule is CCOC(=O)c1ccccc1NC(=O)COC(=O)Cc1noc2ccccc12. The predicted molar refractivity (Wildman–Crippen MR) is 99.7 cm³/mol. The van der Waals surface area contributed by atoms with Crippen molar-refractivity contribution in [3.63, 3.8) is 0 Å². The molecule has 144 valence electrons. The normalized spacial score (nSPS) is 10.5. The molecule has 8 heteroatoms. The third-order valence-corrected chi connectivity index (χ3v) is 3.82. The van der Waals surface area contributed by atoms with Crippen molar-refractivity contribution in [2.75, 3.05) is 18.5 Å². The van der Waals surface area contributed by atoms with Gasteiger partial charge in [-0.25, -0.2) is 4.79 Å². The van der Waals surface area contributed by atoms with Crippen LogP contribution in [0.25, 0.3) is 11.0 Å². The van der Waals surface area contributed by atoms with E-state index in [9.17, 15) is 14.4 Å². The smallest absolute Gasteiger partial charge is 0.340 e. The van der Waals surface area contributed by atoms with Crippen LogP contribution in [-0.2, 0) is 25.5 Å². The Labute approximate surface area is 160 Å². The van der Waals surface area contributed by atoms with Crippen LogP contribution in [0.5, 0.6) is 0 Å². The highest BCUT2D eigenvalue weighted by molar-refractivity contribution is 6.02. The van der Waals surface area contributed by atoms with Gasteiger partial charge in [-0.05, 0) is 31.2 Å². The molecule has 0 aliphatic rings. The van der Waals surface area contributed by atoms with Crippen molar-refractivity contribution in [3.8, 4) is 0 Å².